The number of methoxy groups -OCH3 is 1. The number of nitrogens with one attached hydrogen (secondary N) is 4. The molecule has 83 heavy (non-hydrogen) atoms. The van der Waals surface area contributed by atoms with Crippen molar-refractivity contribution < 1.29 is 37.4 Å². The van der Waals surface area contributed by atoms with Crippen LogP contribution in [0.15, 0.2) is 53.7 Å². The zero-order valence-electron chi connectivity index (χ0n) is 47.4. The summed E-state index contributed by atoms with van der Waals surface area (Å²) < 4.78 is 46.1. The first-order valence-electron chi connectivity index (χ1n) is 28.6. The number of hydrogen-bond acceptors (Lipinski definition) is 14. The Bertz CT molecular complexity index is 3510. The summed E-state index contributed by atoms with van der Waals surface area (Å²) in [5, 5.41) is 22.3. The fourth-order valence-corrected chi connectivity index (χ4v) is 12.9. The van der Waals surface area contributed by atoms with Crippen LogP contribution in [-0.4, -0.2) is 141 Å². The topological polar surface area (TPSA) is 231 Å². The van der Waals surface area contributed by atoms with Crippen LogP contribution in [0, 0.1) is 11.8 Å². The molecule has 2 aromatic carbocycles. The molecule has 11 rings (SSSR count). The molecule has 5 aliphatic rings. The van der Waals surface area contributed by atoms with Crippen molar-refractivity contribution in [2.45, 2.75) is 95.7 Å². The first kappa shape index (κ1) is 56.8. The molecule has 0 unspecified atom stereocenters. The molecule has 5 amide bonds. The molecule has 1 aliphatic carbocycles. The number of fused-ring (bicyclic) bond motifs is 3. The predicted octanol–water partition coefficient (Wildman–Crippen LogP) is 6.93. The number of piperidine rings is 2. The van der Waals surface area contributed by atoms with E-state index in [-0.39, 0.29) is 70.6 Å². The lowest BCUT2D eigenvalue weighted by Gasteiger charge is -2.37. The SMILES string of the molecule is CNC(=O)COc1cc2cc(Nc3nc(N4CCC(C(=O)NC5CCC(C(=O)N6CCC(n7nc(N8CCCc9cc(-c%10cnn(C)c%10)c(C(F)F)cc98)c8c7CCN(C(=O)NC)C8)CC6)CC5)CC4)ncc3Cl)cc(OC)c2n(C)c1=O. The Morgan fingerprint density at radius 2 is 1.61 bits per heavy atom. The van der Waals surface area contributed by atoms with Gasteiger partial charge in [-0.3, -0.25) is 28.5 Å². The van der Waals surface area contributed by atoms with Gasteiger partial charge in [-0.1, -0.05) is 11.6 Å². The summed E-state index contributed by atoms with van der Waals surface area (Å²) in [6, 6.07) is 8.40. The third-order valence-corrected chi connectivity index (χ3v) is 17.5. The smallest absolute Gasteiger partial charge is 0.317 e. The molecule has 0 bridgehead atoms. The number of aryl methyl sites for hydroxylation is 3. The number of anilines is 5. The van der Waals surface area contributed by atoms with E-state index in [1.165, 1.54) is 24.9 Å². The lowest BCUT2D eigenvalue weighted by Crippen LogP contribution is -2.47. The Kier molecular flexibility index (Phi) is 16.5. The van der Waals surface area contributed by atoms with E-state index >= 15 is 0 Å². The maximum Gasteiger partial charge on any atom is 0.317 e. The van der Waals surface area contributed by atoms with Crippen LogP contribution in [0.2, 0.25) is 5.02 Å². The number of nitrogens with zero attached hydrogens (tertiary/aromatic N) is 11. The van der Waals surface area contributed by atoms with Crippen molar-refractivity contribution in [1.82, 2.24) is 59.8 Å². The highest BCUT2D eigenvalue weighted by molar-refractivity contribution is 6.33. The van der Waals surface area contributed by atoms with Gasteiger partial charge in [0, 0.05) is 143 Å². The highest BCUT2D eigenvalue weighted by Gasteiger charge is 2.38. The van der Waals surface area contributed by atoms with E-state index in [4.69, 9.17) is 31.2 Å². The Morgan fingerprint density at radius 1 is 0.843 bits per heavy atom. The van der Waals surface area contributed by atoms with Gasteiger partial charge in [-0.25, -0.2) is 18.6 Å². The maximum atomic E-state index is 14.9. The zero-order chi connectivity index (χ0) is 58.2. The molecule has 4 aromatic heterocycles. The summed E-state index contributed by atoms with van der Waals surface area (Å²) in [5.74, 6) is 1.41. The number of alkyl halides is 2. The summed E-state index contributed by atoms with van der Waals surface area (Å²) in [7, 11) is 7.97. The zero-order valence-corrected chi connectivity index (χ0v) is 48.1. The van der Waals surface area contributed by atoms with Gasteiger partial charge in [-0.15, -0.1) is 0 Å². The quantitative estimate of drug-likeness (QED) is 0.0867. The first-order chi connectivity index (χ1) is 40.1. The third-order valence-electron chi connectivity index (χ3n) is 17.2. The Hall–Kier alpha value is -8.02. The van der Waals surface area contributed by atoms with E-state index in [2.05, 4.69) is 40.9 Å². The second-order valence-electron chi connectivity index (χ2n) is 22.3. The number of aromatic nitrogens is 7. The average Bonchev–Trinajstić information content (AvgIpc) is 4.11. The second-order valence-corrected chi connectivity index (χ2v) is 22.7. The molecule has 4 aliphatic heterocycles. The van der Waals surface area contributed by atoms with Crippen molar-refractivity contribution in [2.24, 2.45) is 25.9 Å². The van der Waals surface area contributed by atoms with Gasteiger partial charge in [0.1, 0.15) is 10.8 Å². The minimum absolute atomic E-state index is 0.00438. The summed E-state index contributed by atoms with van der Waals surface area (Å²) in [6.07, 6.45) is 9.77. The monoisotopic (exact) mass is 1160 g/mol. The normalized spacial score (nSPS) is 18.7. The number of carbonyl (C=O) groups is 4. The number of rotatable bonds is 14. The van der Waals surface area contributed by atoms with Gasteiger partial charge < -0.3 is 54.9 Å². The fourth-order valence-electron chi connectivity index (χ4n) is 12.7. The van der Waals surface area contributed by atoms with Crippen molar-refractivity contribution in [3.8, 4) is 22.6 Å². The van der Waals surface area contributed by atoms with Gasteiger partial charge in [0.15, 0.2) is 24.0 Å². The molecule has 25 heteroatoms. The second kappa shape index (κ2) is 24.1. The van der Waals surface area contributed by atoms with E-state index in [1.807, 2.05) is 15.9 Å². The number of benzene rings is 2. The largest absolute Gasteiger partial charge is 0.494 e. The van der Waals surface area contributed by atoms with Gasteiger partial charge >= 0.3 is 6.03 Å². The van der Waals surface area contributed by atoms with Crippen molar-refractivity contribution in [3.63, 3.8) is 0 Å². The maximum absolute atomic E-state index is 14.9. The summed E-state index contributed by atoms with van der Waals surface area (Å²) in [6.45, 7) is 3.40. The predicted molar refractivity (Wildman–Crippen MR) is 309 cm³/mol. The number of amides is 5. The minimum atomic E-state index is -2.71. The van der Waals surface area contributed by atoms with Gasteiger partial charge in [0.25, 0.3) is 17.9 Å². The Balaban J connectivity index is 0.683. The Morgan fingerprint density at radius 3 is 2.31 bits per heavy atom. The Labute approximate surface area is 483 Å². The van der Waals surface area contributed by atoms with E-state index in [0.29, 0.717) is 147 Å². The van der Waals surface area contributed by atoms with Crippen molar-refractivity contribution in [1.29, 1.82) is 0 Å². The number of likely N-dealkylation sites (tertiary alicyclic amines) is 1. The van der Waals surface area contributed by atoms with Gasteiger partial charge in [0.2, 0.25) is 17.8 Å². The average molecular weight is 1160 g/mol. The number of ether oxygens (including phenoxy) is 2. The molecule has 3 fully saturated rings. The minimum Gasteiger partial charge on any atom is -0.494 e. The molecule has 2 saturated heterocycles. The molecule has 0 radical (unpaired) electrons. The van der Waals surface area contributed by atoms with E-state index in [0.717, 1.165) is 42.5 Å². The van der Waals surface area contributed by atoms with Crippen LogP contribution < -0.4 is 46.1 Å². The van der Waals surface area contributed by atoms with Crippen molar-refractivity contribution in [2.75, 3.05) is 82.2 Å². The van der Waals surface area contributed by atoms with Crippen LogP contribution in [-0.2, 0) is 47.9 Å². The van der Waals surface area contributed by atoms with Crippen LogP contribution in [0.1, 0.15) is 92.6 Å². The summed E-state index contributed by atoms with van der Waals surface area (Å²) >= 11 is 6.63. The number of pyridine rings is 1. The van der Waals surface area contributed by atoms with Gasteiger partial charge in [-0.05, 0) is 99.6 Å². The van der Waals surface area contributed by atoms with E-state index < -0.39 is 12.0 Å². The summed E-state index contributed by atoms with van der Waals surface area (Å²) in [4.78, 5) is 83.0. The lowest BCUT2D eigenvalue weighted by atomic mass is 9.84. The standard InChI is InChI=1S/C58H70ClF2N15O7/c1-62-49(77)32-83-48-25-36-23-39(26-47(82-5)50(36)71(4)56(48)80)66-52-44(59)29-64-57(68-52)73-18-12-33(13-19-73)54(78)67-38-10-8-34(9-11-38)55(79)72-20-14-40(15-21-72)76-45-16-22-74(58(81)63-2)31-43(45)53(69-76)75-17-6-7-35-24-41(37-28-65-70(3)30-37)42(51(60)61)27-46(35)75/h23-30,33-34,38,40,51H,6-22,31-32H2,1-5H3,(H,62,77)(H,63,81)(H,67,78)(H,64,66,68). The number of likely N-dealkylation sites (N-methyl/N-ethyl adjacent to an activating group) is 1. The highest BCUT2D eigenvalue weighted by atomic mass is 35.5. The molecule has 6 aromatic rings. The highest BCUT2D eigenvalue weighted by Crippen LogP contribution is 2.44. The van der Waals surface area contributed by atoms with Crippen molar-refractivity contribution >= 4 is 75.2 Å². The molecule has 0 atom stereocenters. The van der Waals surface area contributed by atoms with E-state index in [9.17, 15) is 32.8 Å². The number of carbonyl (C=O) groups excluding carboxylic acids is 4. The van der Waals surface area contributed by atoms with Crippen LogP contribution in [0.3, 0.4) is 0 Å². The summed E-state index contributed by atoms with van der Waals surface area (Å²) in [5.41, 5.74) is 5.36. The first-order valence-corrected chi connectivity index (χ1v) is 28.9. The van der Waals surface area contributed by atoms with Crippen LogP contribution in [0.5, 0.6) is 11.5 Å². The molecular formula is C58H70ClF2N15O7. The van der Waals surface area contributed by atoms with Crippen LogP contribution in [0.4, 0.5) is 42.5 Å². The fraction of sp³-hybridized carbons (Fsp3) is 0.500. The molecular weight excluding hydrogens is 1090 g/mol. The molecule has 4 N–H and O–H groups in total. The molecule has 440 valence electrons. The van der Waals surface area contributed by atoms with Gasteiger partial charge in [-0.2, -0.15) is 15.2 Å². The van der Waals surface area contributed by atoms with Crippen LogP contribution in [0.25, 0.3) is 22.0 Å². The number of hydrogen-bond donors (Lipinski definition) is 4. The molecule has 22 nitrogen and oxygen atoms in total. The molecule has 0 spiro atoms. The lowest BCUT2D eigenvalue weighted by molar-refractivity contribution is -0.138. The third kappa shape index (κ3) is 11.6. The van der Waals surface area contributed by atoms with Gasteiger partial charge in [0.05, 0.1) is 37.6 Å². The van der Waals surface area contributed by atoms with Crippen molar-refractivity contribution in [3.05, 3.63) is 86.7 Å². The van der Waals surface area contributed by atoms with Crippen LogP contribution >= 0.6 is 11.6 Å². The number of halogens is 3. The van der Waals surface area contributed by atoms with E-state index in [1.54, 1.807) is 67.4 Å². The molecule has 1 saturated carbocycles. The number of urea groups is 1. The molecule has 8 heterocycles.